The number of alkyl halides is 3. The van der Waals surface area contributed by atoms with E-state index in [1.807, 2.05) is 13.8 Å². The maximum atomic E-state index is 13.6. The van der Waals surface area contributed by atoms with Gasteiger partial charge < -0.3 is 4.74 Å². The first kappa shape index (κ1) is 16.7. The molecule has 0 radical (unpaired) electrons. The van der Waals surface area contributed by atoms with E-state index in [1.54, 1.807) is 0 Å². The van der Waals surface area contributed by atoms with Crippen molar-refractivity contribution in [2.45, 2.75) is 33.0 Å². The van der Waals surface area contributed by atoms with Crippen LogP contribution in [-0.2, 0) is 6.18 Å². The molecule has 4 nitrogen and oxygen atoms in total. The topological polar surface area (TPSA) is 39.9 Å². The van der Waals surface area contributed by atoms with Crippen LogP contribution in [0.15, 0.2) is 16.9 Å². The zero-order valence-corrected chi connectivity index (χ0v) is 13.5. The minimum absolute atomic E-state index is 0.0148. The van der Waals surface area contributed by atoms with Crippen molar-refractivity contribution in [1.29, 1.82) is 0 Å². The molecule has 0 amide bonds. The van der Waals surface area contributed by atoms with Crippen LogP contribution in [-0.4, -0.2) is 14.8 Å². The van der Waals surface area contributed by atoms with Gasteiger partial charge in [0.25, 0.3) is 0 Å². The molecule has 1 aromatic carbocycles. The summed E-state index contributed by atoms with van der Waals surface area (Å²) < 4.78 is 59.1. The maximum absolute atomic E-state index is 13.6. The van der Waals surface area contributed by atoms with Crippen LogP contribution in [0.1, 0.15) is 31.0 Å². The van der Waals surface area contributed by atoms with Gasteiger partial charge in [-0.25, -0.2) is 9.07 Å². The molecule has 2 rings (SSSR count). The fourth-order valence-corrected chi connectivity index (χ4v) is 2.12. The van der Waals surface area contributed by atoms with Crippen molar-refractivity contribution in [1.82, 2.24) is 14.8 Å². The van der Waals surface area contributed by atoms with Gasteiger partial charge in [0.15, 0.2) is 0 Å². The molecule has 0 aliphatic rings. The lowest BCUT2D eigenvalue weighted by Crippen LogP contribution is -2.10. The van der Waals surface area contributed by atoms with Crippen LogP contribution >= 0.6 is 15.9 Å². The second kappa shape index (κ2) is 5.86. The van der Waals surface area contributed by atoms with Gasteiger partial charge in [-0.05, 0) is 54.4 Å². The second-order valence-corrected chi connectivity index (χ2v) is 5.61. The smallest absolute Gasteiger partial charge is 0.419 e. The Morgan fingerprint density at radius 2 is 1.91 bits per heavy atom. The second-order valence-electron chi connectivity index (χ2n) is 4.90. The number of ether oxygens (including phenoxy) is 1. The molecule has 1 aromatic heterocycles. The zero-order valence-electron chi connectivity index (χ0n) is 11.9. The summed E-state index contributed by atoms with van der Waals surface area (Å²) in [5.74, 6) is -1.47. The van der Waals surface area contributed by atoms with Gasteiger partial charge in [0, 0.05) is 0 Å². The molecule has 9 heteroatoms. The summed E-state index contributed by atoms with van der Waals surface area (Å²) in [6.45, 7) is 4.86. The fraction of sp³-hybridized carbons (Fsp3) is 0.385. The highest BCUT2D eigenvalue weighted by atomic mass is 79.9. The summed E-state index contributed by atoms with van der Waals surface area (Å²) in [4.78, 5) is 3.94. The van der Waals surface area contributed by atoms with Gasteiger partial charge in [-0.2, -0.15) is 18.2 Å². The fourth-order valence-electron chi connectivity index (χ4n) is 1.80. The standard InChI is InChI=1S/C13H12BrF4N3O/c1-6(2)21-12(19-11(14)20-21)22-8-4-7(3)10(15)9(5-8)13(16,17)18/h4-6H,1-3H3. The summed E-state index contributed by atoms with van der Waals surface area (Å²) in [5, 5.41) is 4.02. The van der Waals surface area contributed by atoms with Gasteiger partial charge in [-0.15, -0.1) is 5.10 Å². The van der Waals surface area contributed by atoms with Gasteiger partial charge >= 0.3 is 12.2 Å². The van der Waals surface area contributed by atoms with Crippen LogP contribution in [0, 0.1) is 12.7 Å². The van der Waals surface area contributed by atoms with Crippen molar-refractivity contribution in [3.8, 4) is 11.8 Å². The number of benzene rings is 1. The summed E-state index contributed by atoms with van der Waals surface area (Å²) in [6.07, 6.45) is -4.81. The van der Waals surface area contributed by atoms with Crippen molar-refractivity contribution in [2.24, 2.45) is 0 Å². The average Bonchev–Trinajstić information content (AvgIpc) is 2.73. The van der Waals surface area contributed by atoms with Crippen molar-refractivity contribution >= 4 is 15.9 Å². The number of aryl methyl sites for hydroxylation is 1. The number of hydrogen-bond acceptors (Lipinski definition) is 3. The van der Waals surface area contributed by atoms with E-state index in [1.165, 1.54) is 17.7 Å². The van der Waals surface area contributed by atoms with E-state index in [2.05, 4.69) is 26.0 Å². The number of rotatable bonds is 3. The molecule has 22 heavy (non-hydrogen) atoms. The van der Waals surface area contributed by atoms with E-state index in [0.29, 0.717) is 6.07 Å². The molecule has 2 aromatic rings. The highest BCUT2D eigenvalue weighted by Crippen LogP contribution is 2.36. The van der Waals surface area contributed by atoms with Crippen LogP contribution < -0.4 is 4.74 Å². The Balaban J connectivity index is 2.45. The number of aromatic nitrogens is 3. The lowest BCUT2D eigenvalue weighted by Gasteiger charge is -2.14. The van der Waals surface area contributed by atoms with Crippen LogP contribution in [0.25, 0.3) is 0 Å². The molecule has 0 saturated carbocycles. The molecule has 0 fully saturated rings. The molecule has 0 spiro atoms. The van der Waals surface area contributed by atoms with E-state index >= 15 is 0 Å². The lowest BCUT2D eigenvalue weighted by molar-refractivity contribution is -0.140. The minimum Gasteiger partial charge on any atom is -0.424 e. The van der Waals surface area contributed by atoms with E-state index in [-0.39, 0.29) is 28.1 Å². The molecule has 0 bridgehead atoms. The van der Waals surface area contributed by atoms with E-state index in [0.717, 1.165) is 0 Å². The Bertz CT molecular complexity index is 697. The summed E-state index contributed by atoms with van der Waals surface area (Å²) >= 11 is 3.07. The molecular formula is C13H12BrF4N3O. The monoisotopic (exact) mass is 381 g/mol. The lowest BCUT2D eigenvalue weighted by atomic mass is 10.1. The van der Waals surface area contributed by atoms with E-state index in [4.69, 9.17) is 4.74 Å². The SMILES string of the molecule is Cc1cc(Oc2nc(Br)nn2C(C)C)cc(C(F)(F)F)c1F. The van der Waals surface area contributed by atoms with Gasteiger partial charge in [0.05, 0.1) is 11.6 Å². The quantitative estimate of drug-likeness (QED) is 0.711. The highest BCUT2D eigenvalue weighted by Gasteiger charge is 2.35. The van der Waals surface area contributed by atoms with Gasteiger partial charge in [-0.1, -0.05) is 0 Å². The van der Waals surface area contributed by atoms with E-state index in [9.17, 15) is 17.6 Å². The molecule has 1 heterocycles. The van der Waals surface area contributed by atoms with Crippen LogP contribution in [0.4, 0.5) is 17.6 Å². The molecule has 0 saturated heterocycles. The Hall–Kier alpha value is -1.64. The first-order valence-electron chi connectivity index (χ1n) is 6.27. The number of nitrogens with zero attached hydrogens (tertiary/aromatic N) is 3. The first-order valence-corrected chi connectivity index (χ1v) is 7.06. The molecular weight excluding hydrogens is 370 g/mol. The third kappa shape index (κ3) is 3.40. The normalized spacial score (nSPS) is 12.0. The Morgan fingerprint density at radius 3 is 2.45 bits per heavy atom. The van der Waals surface area contributed by atoms with Gasteiger partial charge in [-0.3, -0.25) is 0 Å². The molecule has 0 aliphatic carbocycles. The van der Waals surface area contributed by atoms with Gasteiger partial charge in [0.2, 0.25) is 4.73 Å². The molecule has 0 atom stereocenters. The predicted octanol–water partition coefficient (Wildman–Crippen LogP) is 4.88. The van der Waals surface area contributed by atoms with E-state index < -0.39 is 17.6 Å². The van der Waals surface area contributed by atoms with Crippen LogP contribution in [0.5, 0.6) is 11.8 Å². The number of halogens is 5. The van der Waals surface area contributed by atoms with Crippen LogP contribution in [0.3, 0.4) is 0 Å². The van der Waals surface area contributed by atoms with Crippen molar-refractivity contribution in [2.75, 3.05) is 0 Å². The maximum Gasteiger partial charge on any atom is 0.419 e. The predicted molar refractivity (Wildman–Crippen MR) is 74.3 cm³/mol. The first-order chi connectivity index (χ1) is 10.1. The Kier molecular flexibility index (Phi) is 4.46. The van der Waals surface area contributed by atoms with Crippen molar-refractivity contribution < 1.29 is 22.3 Å². The molecule has 0 unspecified atom stereocenters. The summed E-state index contributed by atoms with van der Waals surface area (Å²) in [7, 11) is 0. The third-order valence-corrected chi connectivity index (χ3v) is 3.14. The summed E-state index contributed by atoms with van der Waals surface area (Å²) in [5.41, 5.74) is -1.54. The van der Waals surface area contributed by atoms with Crippen LogP contribution in [0.2, 0.25) is 0 Å². The Morgan fingerprint density at radius 1 is 1.27 bits per heavy atom. The van der Waals surface area contributed by atoms with Crippen molar-refractivity contribution in [3.63, 3.8) is 0 Å². The third-order valence-electron chi connectivity index (χ3n) is 2.81. The molecule has 0 aliphatic heterocycles. The molecule has 0 N–H and O–H groups in total. The Labute approximate surface area is 132 Å². The average molecular weight is 382 g/mol. The zero-order chi connectivity index (χ0) is 16.7. The highest BCUT2D eigenvalue weighted by molar-refractivity contribution is 9.10. The number of hydrogen-bond donors (Lipinski definition) is 0. The molecule has 120 valence electrons. The largest absolute Gasteiger partial charge is 0.424 e. The van der Waals surface area contributed by atoms with Gasteiger partial charge in [0.1, 0.15) is 11.6 Å². The minimum atomic E-state index is -4.81. The van der Waals surface area contributed by atoms with Crippen molar-refractivity contribution in [3.05, 3.63) is 33.8 Å². The summed E-state index contributed by atoms with van der Waals surface area (Å²) in [6, 6.07) is 1.69.